The van der Waals surface area contributed by atoms with E-state index in [1.165, 1.54) is 0 Å². The summed E-state index contributed by atoms with van der Waals surface area (Å²) in [7, 11) is 1.89. The van der Waals surface area contributed by atoms with Gasteiger partial charge in [-0.1, -0.05) is 0 Å². The minimum Gasteiger partial charge on any atom is -0.494 e. The highest BCUT2D eigenvalue weighted by atomic mass is 16.5. The van der Waals surface area contributed by atoms with Crippen LogP contribution in [0.3, 0.4) is 0 Å². The Labute approximate surface area is 113 Å². The molecule has 0 saturated heterocycles. The number of nitrogens with one attached hydrogen (secondary N) is 1. The van der Waals surface area contributed by atoms with Crippen molar-refractivity contribution in [2.75, 3.05) is 13.7 Å². The fraction of sp³-hybridized carbons (Fsp3) is 0.333. The van der Waals surface area contributed by atoms with Gasteiger partial charge in [-0.2, -0.15) is 0 Å². The van der Waals surface area contributed by atoms with Crippen LogP contribution in [-0.2, 0) is 13.2 Å². The summed E-state index contributed by atoms with van der Waals surface area (Å²) < 4.78 is 16.5. The zero-order chi connectivity index (χ0) is 13.5. The van der Waals surface area contributed by atoms with Gasteiger partial charge >= 0.3 is 0 Å². The van der Waals surface area contributed by atoms with Crippen LogP contribution < -0.4 is 14.8 Å². The summed E-state index contributed by atoms with van der Waals surface area (Å²) >= 11 is 0. The van der Waals surface area contributed by atoms with Crippen LogP contribution in [0, 0.1) is 0 Å². The SMILES string of the molecule is CCOc1ccc(OCc2ccoc2CNC)cc1. The topological polar surface area (TPSA) is 43.6 Å². The lowest BCUT2D eigenvalue weighted by molar-refractivity contribution is 0.299. The average Bonchev–Trinajstić information content (AvgIpc) is 2.86. The minimum atomic E-state index is 0.501. The number of ether oxygens (including phenoxy) is 2. The van der Waals surface area contributed by atoms with Crippen LogP contribution in [0.15, 0.2) is 41.0 Å². The van der Waals surface area contributed by atoms with E-state index in [0.29, 0.717) is 19.8 Å². The largest absolute Gasteiger partial charge is 0.494 e. The molecule has 2 rings (SSSR count). The Hall–Kier alpha value is -1.94. The Bertz CT molecular complexity index is 490. The maximum atomic E-state index is 5.73. The third kappa shape index (κ3) is 3.76. The number of benzene rings is 1. The Balaban J connectivity index is 1.92. The van der Waals surface area contributed by atoms with Crippen LogP contribution in [0.4, 0.5) is 0 Å². The molecule has 0 saturated carbocycles. The van der Waals surface area contributed by atoms with Crippen molar-refractivity contribution in [1.29, 1.82) is 0 Å². The van der Waals surface area contributed by atoms with Crippen molar-refractivity contribution in [3.8, 4) is 11.5 Å². The van der Waals surface area contributed by atoms with Crippen LogP contribution in [0.2, 0.25) is 0 Å². The van der Waals surface area contributed by atoms with E-state index in [1.54, 1.807) is 6.26 Å². The molecule has 4 nitrogen and oxygen atoms in total. The van der Waals surface area contributed by atoms with Crippen molar-refractivity contribution in [2.24, 2.45) is 0 Å². The molecule has 102 valence electrons. The highest BCUT2D eigenvalue weighted by Gasteiger charge is 2.06. The van der Waals surface area contributed by atoms with E-state index in [2.05, 4.69) is 5.32 Å². The monoisotopic (exact) mass is 261 g/mol. The first-order valence-corrected chi connectivity index (χ1v) is 6.39. The van der Waals surface area contributed by atoms with Gasteiger partial charge in [0.15, 0.2) is 0 Å². The number of hydrogen-bond donors (Lipinski definition) is 1. The third-order valence-corrected chi connectivity index (χ3v) is 2.70. The minimum absolute atomic E-state index is 0.501. The summed E-state index contributed by atoms with van der Waals surface area (Å²) in [5.74, 6) is 2.59. The van der Waals surface area contributed by atoms with Crippen molar-refractivity contribution in [3.05, 3.63) is 47.9 Å². The Kier molecular flexibility index (Phi) is 4.86. The van der Waals surface area contributed by atoms with Crippen molar-refractivity contribution >= 4 is 0 Å². The molecule has 1 N–H and O–H groups in total. The van der Waals surface area contributed by atoms with Gasteiger partial charge in [0, 0.05) is 5.56 Å². The van der Waals surface area contributed by atoms with E-state index < -0.39 is 0 Å². The molecular formula is C15H19NO3. The maximum Gasteiger partial charge on any atom is 0.124 e. The van der Waals surface area contributed by atoms with Crippen LogP contribution in [0.1, 0.15) is 18.2 Å². The fourth-order valence-corrected chi connectivity index (χ4v) is 1.77. The predicted octanol–water partition coefficient (Wildman–Crippen LogP) is 2.98. The van der Waals surface area contributed by atoms with Crippen LogP contribution >= 0.6 is 0 Å². The molecule has 19 heavy (non-hydrogen) atoms. The second-order valence-electron chi connectivity index (χ2n) is 4.09. The summed E-state index contributed by atoms with van der Waals surface area (Å²) in [5.41, 5.74) is 1.06. The standard InChI is InChI=1S/C15H19NO3/c1-3-17-13-4-6-14(7-5-13)19-11-12-8-9-18-15(12)10-16-2/h4-9,16H,3,10-11H2,1-2H3. The van der Waals surface area contributed by atoms with Crippen molar-refractivity contribution < 1.29 is 13.9 Å². The maximum absolute atomic E-state index is 5.73. The third-order valence-electron chi connectivity index (χ3n) is 2.70. The van der Waals surface area contributed by atoms with Gasteiger partial charge in [0.1, 0.15) is 23.9 Å². The van der Waals surface area contributed by atoms with Crippen LogP contribution in [0.25, 0.3) is 0 Å². The summed E-state index contributed by atoms with van der Waals surface area (Å²) in [5, 5.41) is 3.06. The number of hydrogen-bond acceptors (Lipinski definition) is 4. The van der Waals surface area contributed by atoms with Gasteiger partial charge in [0.25, 0.3) is 0 Å². The van der Waals surface area contributed by atoms with Crippen molar-refractivity contribution in [2.45, 2.75) is 20.1 Å². The molecule has 0 spiro atoms. The lowest BCUT2D eigenvalue weighted by atomic mass is 10.2. The summed E-state index contributed by atoms with van der Waals surface area (Å²) in [4.78, 5) is 0. The molecular weight excluding hydrogens is 242 g/mol. The van der Waals surface area contributed by atoms with Gasteiger partial charge in [-0.05, 0) is 44.3 Å². The molecule has 1 heterocycles. The zero-order valence-electron chi connectivity index (χ0n) is 11.3. The van der Waals surface area contributed by atoms with E-state index in [-0.39, 0.29) is 0 Å². The molecule has 2 aromatic rings. The van der Waals surface area contributed by atoms with Crippen LogP contribution in [0.5, 0.6) is 11.5 Å². The Morgan fingerprint density at radius 1 is 1.05 bits per heavy atom. The van der Waals surface area contributed by atoms with E-state index in [4.69, 9.17) is 13.9 Å². The zero-order valence-corrected chi connectivity index (χ0v) is 11.3. The molecule has 0 atom stereocenters. The normalized spacial score (nSPS) is 10.4. The number of rotatable bonds is 7. The second-order valence-corrected chi connectivity index (χ2v) is 4.09. The van der Waals surface area contributed by atoms with E-state index in [9.17, 15) is 0 Å². The Morgan fingerprint density at radius 3 is 2.37 bits per heavy atom. The van der Waals surface area contributed by atoms with Gasteiger partial charge in [-0.25, -0.2) is 0 Å². The average molecular weight is 261 g/mol. The van der Waals surface area contributed by atoms with Gasteiger partial charge in [-0.15, -0.1) is 0 Å². The molecule has 0 aliphatic carbocycles. The van der Waals surface area contributed by atoms with Crippen molar-refractivity contribution in [3.63, 3.8) is 0 Å². The van der Waals surface area contributed by atoms with Crippen molar-refractivity contribution in [1.82, 2.24) is 5.32 Å². The Morgan fingerprint density at radius 2 is 1.74 bits per heavy atom. The quantitative estimate of drug-likeness (QED) is 0.832. The molecule has 0 bridgehead atoms. The van der Waals surface area contributed by atoms with Gasteiger partial charge in [0.05, 0.1) is 19.4 Å². The molecule has 4 heteroatoms. The predicted molar refractivity (Wildman–Crippen MR) is 73.4 cm³/mol. The summed E-state index contributed by atoms with van der Waals surface area (Å²) in [6, 6.07) is 9.55. The van der Waals surface area contributed by atoms with E-state index >= 15 is 0 Å². The molecule has 0 amide bonds. The van der Waals surface area contributed by atoms with Gasteiger partial charge in [-0.3, -0.25) is 0 Å². The molecule has 0 aliphatic heterocycles. The molecule has 0 fully saturated rings. The molecule has 0 unspecified atom stereocenters. The lowest BCUT2D eigenvalue weighted by Crippen LogP contribution is -2.07. The smallest absolute Gasteiger partial charge is 0.124 e. The van der Waals surface area contributed by atoms with E-state index in [1.807, 2.05) is 44.3 Å². The molecule has 0 aliphatic rings. The first kappa shape index (κ1) is 13.5. The molecule has 1 aromatic carbocycles. The first-order valence-electron chi connectivity index (χ1n) is 6.39. The lowest BCUT2D eigenvalue weighted by Gasteiger charge is -2.08. The van der Waals surface area contributed by atoms with Gasteiger partial charge in [0.2, 0.25) is 0 Å². The molecule has 0 radical (unpaired) electrons. The summed E-state index contributed by atoms with van der Waals surface area (Å²) in [6.45, 7) is 3.84. The highest BCUT2D eigenvalue weighted by Crippen LogP contribution is 2.19. The highest BCUT2D eigenvalue weighted by molar-refractivity contribution is 5.31. The van der Waals surface area contributed by atoms with Gasteiger partial charge < -0.3 is 19.2 Å². The fourth-order valence-electron chi connectivity index (χ4n) is 1.77. The van der Waals surface area contributed by atoms with Crippen LogP contribution in [-0.4, -0.2) is 13.7 Å². The second kappa shape index (κ2) is 6.85. The molecule has 1 aromatic heterocycles. The van der Waals surface area contributed by atoms with E-state index in [0.717, 1.165) is 22.8 Å². The first-order chi connectivity index (χ1) is 9.33. The number of furan rings is 1. The summed E-state index contributed by atoms with van der Waals surface area (Å²) in [6.07, 6.45) is 1.68.